The van der Waals surface area contributed by atoms with Gasteiger partial charge in [0.2, 0.25) is 0 Å². The topological polar surface area (TPSA) is 107 Å². The first kappa shape index (κ1) is 22.8. The first-order valence-corrected chi connectivity index (χ1v) is 10.7. The van der Waals surface area contributed by atoms with Gasteiger partial charge in [-0.3, -0.25) is 4.79 Å². The van der Waals surface area contributed by atoms with E-state index < -0.39 is 36.5 Å². The zero-order valence-corrected chi connectivity index (χ0v) is 18.1. The minimum atomic E-state index is -4.79. The number of hydrogen-bond acceptors (Lipinski definition) is 6. The van der Waals surface area contributed by atoms with Crippen LogP contribution >= 0.6 is 0 Å². The van der Waals surface area contributed by atoms with Gasteiger partial charge in [-0.05, 0) is 31.0 Å². The zero-order chi connectivity index (χ0) is 25.0. The van der Waals surface area contributed by atoms with Crippen molar-refractivity contribution in [3.8, 4) is 23.0 Å². The number of carbonyl (C=O) groups is 1. The molecule has 0 radical (unpaired) electrons. The Hall–Kier alpha value is -3.98. The molecule has 2 aromatic heterocycles. The van der Waals surface area contributed by atoms with Crippen LogP contribution in [0.3, 0.4) is 0 Å². The van der Waals surface area contributed by atoms with Crippen molar-refractivity contribution in [2.45, 2.75) is 31.2 Å². The van der Waals surface area contributed by atoms with E-state index in [0.717, 1.165) is 0 Å². The first-order valence-electron chi connectivity index (χ1n) is 10.7. The zero-order valence-electron chi connectivity index (χ0n) is 18.1. The third-order valence-electron chi connectivity index (χ3n) is 6.25. The molecule has 8 nitrogen and oxygen atoms in total. The molecule has 1 atom stereocenters. The summed E-state index contributed by atoms with van der Waals surface area (Å²) in [5.74, 6) is -0.910. The Morgan fingerprint density at radius 3 is 2.77 bits per heavy atom. The molecule has 5 rings (SSSR count). The van der Waals surface area contributed by atoms with Crippen LogP contribution in [0, 0.1) is 17.1 Å². The average Bonchev–Trinajstić information content (AvgIpc) is 3.45. The number of anilines is 1. The van der Waals surface area contributed by atoms with Crippen molar-refractivity contribution >= 4 is 11.7 Å². The number of β-amino-alcohol motifs (C(OH)–C–C–N with tert-alkyl or cyclic N) is 1. The maximum absolute atomic E-state index is 14.7. The van der Waals surface area contributed by atoms with Crippen LogP contribution in [0.15, 0.2) is 36.5 Å². The summed E-state index contributed by atoms with van der Waals surface area (Å²) in [6.07, 6.45) is -3.61. The Balaban J connectivity index is 1.58. The SMILES string of the molecule is N#Cc1cccc(F)c1-c1cc(-n2ccc(N3CCCC(O)(C(F)(F)F)C3)n2)c2c(n1)CNC2=O. The van der Waals surface area contributed by atoms with Gasteiger partial charge in [0.25, 0.3) is 5.91 Å². The van der Waals surface area contributed by atoms with Crippen LogP contribution in [-0.4, -0.2) is 50.6 Å². The number of pyridine rings is 1. The van der Waals surface area contributed by atoms with Crippen LogP contribution < -0.4 is 10.2 Å². The van der Waals surface area contributed by atoms with E-state index in [1.54, 1.807) is 0 Å². The Labute approximate surface area is 196 Å². The minimum Gasteiger partial charge on any atom is -0.379 e. The molecule has 4 heterocycles. The summed E-state index contributed by atoms with van der Waals surface area (Å²) in [6.45, 7) is -0.324. The molecule has 3 aromatic rings. The summed E-state index contributed by atoms with van der Waals surface area (Å²) in [4.78, 5) is 18.2. The molecule has 1 unspecified atom stereocenters. The number of piperidine rings is 1. The molecule has 0 saturated carbocycles. The number of rotatable bonds is 3. The molecule has 35 heavy (non-hydrogen) atoms. The minimum absolute atomic E-state index is 0.0305. The van der Waals surface area contributed by atoms with Gasteiger partial charge in [-0.25, -0.2) is 14.1 Å². The van der Waals surface area contributed by atoms with Gasteiger partial charge in [0, 0.05) is 18.8 Å². The van der Waals surface area contributed by atoms with Crippen molar-refractivity contribution < 1.29 is 27.5 Å². The molecule has 2 aliphatic heterocycles. The highest BCUT2D eigenvalue weighted by atomic mass is 19.4. The summed E-state index contributed by atoms with van der Waals surface area (Å²) in [5.41, 5.74) is -1.94. The largest absolute Gasteiger partial charge is 0.418 e. The molecule has 1 fully saturated rings. The normalized spacial score (nSPS) is 19.9. The Bertz CT molecular complexity index is 1380. The molecule has 180 valence electrons. The fraction of sp³-hybridized carbons (Fsp3) is 0.304. The lowest BCUT2D eigenvalue weighted by Crippen LogP contribution is -2.57. The lowest BCUT2D eigenvalue weighted by atomic mass is 9.92. The maximum atomic E-state index is 14.7. The summed E-state index contributed by atoms with van der Waals surface area (Å²) < 4.78 is 56.1. The van der Waals surface area contributed by atoms with E-state index in [4.69, 9.17) is 0 Å². The maximum Gasteiger partial charge on any atom is 0.418 e. The highest BCUT2D eigenvalue weighted by molar-refractivity contribution is 6.01. The van der Waals surface area contributed by atoms with Crippen molar-refractivity contribution in [2.24, 2.45) is 0 Å². The third-order valence-corrected chi connectivity index (χ3v) is 6.25. The van der Waals surface area contributed by atoms with E-state index in [9.17, 15) is 32.7 Å². The quantitative estimate of drug-likeness (QED) is 0.551. The fourth-order valence-electron chi connectivity index (χ4n) is 4.48. The van der Waals surface area contributed by atoms with Gasteiger partial charge >= 0.3 is 6.18 Å². The number of benzene rings is 1. The van der Waals surface area contributed by atoms with Crippen LogP contribution in [0.1, 0.15) is 34.5 Å². The summed E-state index contributed by atoms with van der Waals surface area (Å²) >= 11 is 0. The van der Waals surface area contributed by atoms with Crippen molar-refractivity contribution in [2.75, 3.05) is 18.0 Å². The standard InChI is InChI=1S/C23H18F4N6O2/c24-14-4-1-3-13(10-28)19(14)15-9-17(20-16(30-15)11-29-21(20)34)33-8-5-18(31-33)32-7-2-6-22(35,12-32)23(25,26)27/h1,3-5,8-9,35H,2,6-7,11-12H2,(H,29,34). The van der Waals surface area contributed by atoms with Crippen LogP contribution in [0.5, 0.6) is 0 Å². The smallest absolute Gasteiger partial charge is 0.379 e. The predicted octanol–water partition coefficient (Wildman–Crippen LogP) is 3.08. The molecular weight excluding hydrogens is 468 g/mol. The Morgan fingerprint density at radius 1 is 1.23 bits per heavy atom. The molecule has 0 aliphatic carbocycles. The number of nitriles is 1. The summed E-state index contributed by atoms with van der Waals surface area (Å²) in [5, 5.41) is 26.6. The van der Waals surface area contributed by atoms with E-state index in [0.29, 0.717) is 5.69 Å². The Kier molecular flexibility index (Phi) is 5.25. The van der Waals surface area contributed by atoms with Crippen molar-refractivity contribution in [3.05, 3.63) is 59.2 Å². The molecule has 1 aromatic carbocycles. The molecule has 12 heteroatoms. The van der Waals surface area contributed by atoms with Gasteiger partial charge in [-0.1, -0.05) is 6.07 Å². The van der Waals surface area contributed by atoms with E-state index in [1.807, 2.05) is 6.07 Å². The average molecular weight is 486 g/mol. The van der Waals surface area contributed by atoms with Crippen LogP contribution in [-0.2, 0) is 6.54 Å². The van der Waals surface area contributed by atoms with Gasteiger partial charge in [0.15, 0.2) is 11.4 Å². The van der Waals surface area contributed by atoms with Crippen LogP contribution in [0.2, 0.25) is 0 Å². The molecule has 0 spiro atoms. The van der Waals surface area contributed by atoms with E-state index in [1.165, 1.54) is 46.1 Å². The van der Waals surface area contributed by atoms with Gasteiger partial charge in [-0.2, -0.15) is 23.5 Å². The monoisotopic (exact) mass is 486 g/mol. The van der Waals surface area contributed by atoms with Crippen LogP contribution in [0.4, 0.5) is 23.4 Å². The summed E-state index contributed by atoms with van der Waals surface area (Å²) in [6, 6.07) is 8.86. The number of amides is 1. The third kappa shape index (κ3) is 3.77. The van der Waals surface area contributed by atoms with Gasteiger partial charge in [-0.15, -0.1) is 0 Å². The number of nitrogens with zero attached hydrogens (tertiary/aromatic N) is 5. The fourth-order valence-corrected chi connectivity index (χ4v) is 4.48. The lowest BCUT2D eigenvalue weighted by Gasteiger charge is -2.40. The van der Waals surface area contributed by atoms with Gasteiger partial charge in [0.1, 0.15) is 5.82 Å². The molecule has 1 amide bonds. The number of hydrogen-bond donors (Lipinski definition) is 2. The van der Waals surface area contributed by atoms with Crippen LogP contribution in [0.25, 0.3) is 16.9 Å². The Morgan fingerprint density at radius 2 is 2.03 bits per heavy atom. The highest BCUT2D eigenvalue weighted by Gasteiger charge is 2.55. The van der Waals surface area contributed by atoms with Crippen molar-refractivity contribution in [1.82, 2.24) is 20.1 Å². The van der Waals surface area contributed by atoms with Crippen molar-refractivity contribution in [3.63, 3.8) is 0 Å². The van der Waals surface area contributed by atoms with E-state index in [-0.39, 0.29) is 53.4 Å². The predicted molar refractivity (Wildman–Crippen MR) is 115 cm³/mol. The number of carbonyl (C=O) groups excluding carboxylic acids is 1. The summed E-state index contributed by atoms with van der Waals surface area (Å²) in [7, 11) is 0. The number of halogens is 4. The number of fused-ring (bicyclic) bond motifs is 1. The molecular formula is C23H18F4N6O2. The second-order valence-electron chi connectivity index (χ2n) is 8.48. The second-order valence-corrected chi connectivity index (χ2v) is 8.48. The van der Waals surface area contributed by atoms with E-state index >= 15 is 0 Å². The molecule has 2 aliphatic rings. The second kappa shape index (κ2) is 8.06. The molecule has 2 N–H and O–H groups in total. The number of aromatic nitrogens is 3. The molecule has 1 saturated heterocycles. The lowest BCUT2D eigenvalue weighted by molar-refractivity contribution is -0.261. The number of alkyl halides is 3. The molecule has 0 bridgehead atoms. The number of aliphatic hydroxyl groups is 1. The highest BCUT2D eigenvalue weighted by Crippen LogP contribution is 2.38. The van der Waals surface area contributed by atoms with E-state index in [2.05, 4.69) is 15.4 Å². The van der Waals surface area contributed by atoms with Gasteiger partial charge in [0.05, 0.1) is 52.9 Å². The van der Waals surface area contributed by atoms with Gasteiger partial charge < -0.3 is 15.3 Å². The van der Waals surface area contributed by atoms with Crippen molar-refractivity contribution in [1.29, 1.82) is 5.26 Å². The first-order chi connectivity index (χ1) is 16.6. The number of nitrogens with one attached hydrogen (secondary N) is 1.